The first-order valence-electron chi connectivity index (χ1n) is 7.18. The smallest absolute Gasteiger partial charge is 0.261 e. The molecule has 1 aromatic carbocycles. The number of aryl methyl sites for hydroxylation is 1. The van der Waals surface area contributed by atoms with E-state index in [1.807, 2.05) is 38.1 Å². The lowest BCUT2D eigenvalue weighted by molar-refractivity contribution is -0.128. The van der Waals surface area contributed by atoms with Crippen molar-refractivity contribution in [2.75, 3.05) is 6.54 Å². The molecule has 0 aliphatic carbocycles. The minimum Gasteiger partial charge on any atom is -0.481 e. The average molecular weight is 263 g/mol. The van der Waals surface area contributed by atoms with Crippen molar-refractivity contribution in [1.82, 2.24) is 5.32 Å². The van der Waals surface area contributed by atoms with Crippen molar-refractivity contribution in [3.8, 4) is 5.75 Å². The fraction of sp³-hybridized carbons (Fsp3) is 0.562. The molecule has 3 nitrogen and oxygen atoms in total. The highest BCUT2D eigenvalue weighted by Crippen LogP contribution is 2.15. The molecule has 1 aromatic rings. The minimum absolute atomic E-state index is 0.0138. The molecule has 0 bridgehead atoms. The Bertz CT molecular complexity index is 390. The quantitative estimate of drug-likeness (QED) is 0.729. The zero-order chi connectivity index (χ0) is 14.1. The van der Waals surface area contributed by atoms with Gasteiger partial charge in [0, 0.05) is 6.54 Å². The van der Waals surface area contributed by atoms with Gasteiger partial charge in [0.2, 0.25) is 0 Å². The standard InChI is InChI=1S/C16H25NO2/c1-4-6-7-11-17-16(18)15(5-2)19-14-10-8-9-13(3)12-14/h8-10,12,15H,4-7,11H2,1-3H3,(H,17,18). The van der Waals surface area contributed by atoms with Crippen LogP contribution in [-0.2, 0) is 4.79 Å². The number of hydrogen-bond acceptors (Lipinski definition) is 2. The topological polar surface area (TPSA) is 38.3 Å². The lowest BCUT2D eigenvalue weighted by Gasteiger charge is -2.17. The summed E-state index contributed by atoms with van der Waals surface area (Å²) >= 11 is 0. The number of carbonyl (C=O) groups is 1. The van der Waals surface area contributed by atoms with Crippen LogP contribution in [-0.4, -0.2) is 18.6 Å². The number of amides is 1. The van der Waals surface area contributed by atoms with E-state index in [0.717, 1.165) is 37.1 Å². The van der Waals surface area contributed by atoms with Gasteiger partial charge in [-0.05, 0) is 37.5 Å². The van der Waals surface area contributed by atoms with E-state index in [2.05, 4.69) is 12.2 Å². The molecule has 0 aliphatic heterocycles. The second-order valence-corrected chi connectivity index (χ2v) is 4.83. The minimum atomic E-state index is -0.400. The number of nitrogens with one attached hydrogen (secondary N) is 1. The molecule has 1 atom stereocenters. The largest absolute Gasteiger partial charge is 0.481 e. The molecular formula is C16H25NO2. The van der Waals surface area contributed by atoms with Crippen LogP contribution in [0.2, 0.25) is 0 Å². The molecule has 1 rings (SSSR count). The summed E-state index contributed by atoms with van der Waals surface area (Å²) in [5.41, 5.74) is 1.13. The Morgan fingerprint density at radius 3 is 2.74 bits per heavy atom. The molecule has 0 aromatic heterocycles. The molecule has 0 spiro atoms. The van der Waals surface area contributed by atoms with Crippen molar-refractivity contribution >= 4 is 5.91 Å². The Morgan fingerprint density at radius 2 is 2.11 bits per heavy atom. The van der Waals surface area contributed by atoms with Crippen LogP contribution >= 0.6 is 0 Å². The monoisotopic (exact) mass is 263 g/mol. The molecule has 0 radical (unpaired) electrons. The Morgan fingerprint density at radius 1 is 1.32 bits per heavy atom. The third-order valence-electron chi connectivity index (χ3n) is 3.01. The Labute approximate surface area is 116 Å². The Kier molecular flexibility index (Phi) is 7.01. The molecule has 1 N–H and O–H groups in total. The number of benzene rings is 1. The molecule has 19 heavy (non-hydrogen) atoms. The van der Waals surface area contributed by atoms with Crippen molar-refractivity contribution < 1.29 is 9.53 Å². The van der Waals surface area contributed by atoms with Crippen LogP contribution in [0.25, 0.3) is 0 Å². The summed E-state index contributed by atoms with van der Waals surface area (Å²) in [7, 11) is 0. The third kappa shape index (κ3) is 5.77. The van der Waals surface area contributed by atoms with Gasteiger partial charge in [0.25, 0.3) is 5.91 Å². The summed E-state index contributed by atoms with van der Waals surface area (Å²) in [5, 5.41) is 2.94. The predicted octanol–water partition coefficient (Wildman–Crippen LogP) is 3.46. The Hall–Kier alpha value is -1.51. The van der Waals surface area contributed by atoms with Gasteiger partial charge in [-0.15, -0.1) is 0 Å². The van der Waals surface area contributed by atoms with Crippen molar-refractivity contribution in [1.29, 1.82) is 0 Å². The molecule has 106 valence electrons. The van der Waals surface area contributed by atoms with E-state index in [9.17, 15) is 4.79 Å². The zero-order valence-electron chi connectivity index (χ0n) is 12.2. The van der Waals surface area contributed by atoms with Gasteiger partial charge in [0.05, 0.1) is 0 Å². The van der Waals surface area contributed by atoms with Crippen molar-refractivity contribution in [3.05, 3.63) is 29.8 Å². The second kappa shape index (κ2) is 8.57. The van der Waals surface area contributed by atoms with Gasteiger partial charge < -0.3 is 10.1 Å². The van der Waals surface area contributed by atoms with E-state index in [4.69, 9.17) is 4.74 Å². The van der Waals surface area contributed by atoms with Crippen LogP contribution in [0.4, 0.5) is 0 Å². The molecule has 3 heteroatoms. The van der Waals surface area contributed by atoms with Gasteiger partial charge in [-0.3, -0.25) is 4.79 Å². The van der Waals surface area contributed by atoms with Crippen LogP contribution in [0.15, 0.2) is 24.3 Å². The highest BCUT2D eigenvalue weighted by Gasteiger charge is 2.17. The third-order valence-corrected chi connectivity index (χ3v) is 3.01. The van der Waals surface area contributed by atoms with Crippen LogP contribution in [0, 0.1) is 6.92 Å². The summed E-state index contributed by atoms with van der Waals surface area (Å²) in [4.78, 5) is 12.0. The van der Waals surface area contributed by atoms with Crippen molar-refractivity contribution in [2.24, 2.45) is 0 Å². The SMILES string of the molecule is CCCCCNC(=O)C(CC)Oc1cccc(C)c1. The van der Waals surface area contributed by atoms with Gasteiger partial charge in [0.1, 0.15) is 5.75 Å². The number of carbonyl (C=O) groups excluding carboxylic acids is 1. The zero-order valence-corrected chi connectivity index (χ0v) is 12.2. The maximum atomic E-state index is 12.0. The van der Waals surface area contributed by atoms with Gasteiger partial charge in [-0.1, -0.05) is 38.8 Å². The molecule has 1 amide bonds. The van der Waals surface area contributed by atoms with Crippen LogP contribution in [0.1, 0.15) is 45.1 Å². The van der Waals surface area contributed by atoms with Crippen LogP contribution in [0.3, 0.4) is 0 Å². The summed E-state index contributed by atoms with van der Waals surface area (Å²) in [6, 6.07) is 7.79. The molecule has 0 saturated heterocycles. The van der Waals surface area contributed by atoms with E-state index in [1.165, 1.54) is 0 Å². The fourth-order valence-electron chi connectivity index (χ4n) is 1.88. The Balaban J connectivity index is 2.46. The van der Waals surface area contributed by atoms with Gasteiger partial charge in [0.15, 0.2) is 6.10 Å². The molecular weight excluding hydrogens is 238 g/mol. The maximum Gasteiger partial charge on any atom is 0.261 e. The highest BCUT2D eigenvalue weighted by atomic mass is 16.5. The molecule has 0 aliphatic rings. The molecule has 0 fully saturated rings. The first-order chi connectivity index (χ1) is 9.17. The summed E-state index contributed by atoms with van der Waals surface area (Å²) in [6.07, 6.45) is 3.61. The average Bonchev–Trinajstić information content (AvgIpc) is 2.41. The normalized spacial score (nSPS) is 11.9. The maximum absolute atomic E-state index is 12.0. The molecule has 0 saturated carbocycles. The van der Waals surface area contributed by atoms with Crippen molar-refractivity contribution in [2.45, 2.75) is 52.6 Å². The summed E-state index contributed by atoms with van der Waals surface area (Å²) < 4.78 is 5.75. The van der Waals surface area contributed by atoms with E-state index < -0.39 is 6.10 Å². The van der Waals surface area contributed by atoms with Crippen molar-refractivity contribution in [3.63, 3.8) is 0 Å². The van der Waals surface area contributed by atoms with E-state index in [0.29, 0.717) is 6.42 Å². The number of ether oxygens (including phenoxy) is 1. The predicted molar refractivity (Wildman–Crippen MR) is 78.4 cm³/mol. The van der Waals surface area contributed by atoms with Gasteiger partial charge >= 0.3 is 0 Å². The number of unbranched alkanes of at least 4 members (excludes halogenated alkanes) is 2. The first-order valence-corrected chi connectivity index (χ1v) is 7.18. The summed E-state index contributed by atoms with van der Waals surface area (Å²) in [5.74, 6) is 0.746. The molecule has 0 heterocycles. The van der Waals surface area contributed by atoms with Gasteiger partial charge in [-0.25, -0.2) is 0 Å². The van der Waals surface area contributed by atoms with E-state index in [1.54, 1.807) is 0 Å². The lowest BCUT2D eigenvalue weighted by atomic mass is 10.2. The van der Waals surface area contributed by atoms with Gasteiger partial charge in [-0.2, -0.15) is 0 Å². The van der Waals surface area contributed by atoms with Crippen LogP contribution in [0.5, 0.6) is 5.75 Å². The lowest BCUT2D eigenvalue weighted by Crippen LogP contribution is -2.38. The van der Waals surface area contributed by atoms with E-state index in [-0.39, 0.29) is 5.91 Å². The highest BCUT2D eigenvalue weighted by molar-refractivity contribution is 5.81. The first kappa shape index (κ1) is 15.5. The number of rotatable bonds is 8. The fourth-order valence-corrected chi connectivity index (χ4v) is 1.88. The second-order valence-electron chi connectivity index (χ2n) is 4.83. The van der Waals surface area contributed by atoms with Crippen LogP contribution < -0.4 is 10.1 Å². The summed E-state index contributed by atoms with van der Waals surface area (Å²) in [6.45, 7) is 6.86. The number of hydrogen-bond donors (Lipinski definition) is 1. The molecule has 1 unspecified atom stereocenters. The van der Waals surface area contributed by atoms with E-state index >= 15 is 0 Å².